The molecule has 1 saturated heterocycles. The van der Waals surface area contributed by atoms with E-state index in [1.54, 1.807) is 43.5 Å². The lowest BCUT2D eigenvalue weighted by atomic mass is 10.1. The Balaban J connectivity index is 2.19. The van der Waals surface area contributed by atoms with Crippen LogP contribution in [-0.2, 0) is 19.2 Å². The summed E-state index contributed by atoms with van der Waals surface area (Å²) in [6.45, 7) is 2.14. The average Bonchev–Trinajstić information content (AvgIpc) is 2.76. The number of para-hydroxylation sites is 1. The van der Waals surface area contributed by atoms with E-state index in [4.69, 9.17) is 0 Å². The number of carbonyl (C=O) groups excluding carboxylic acids is 5. The SMILES string of the molecule is CCN1CCN(C(=O)NC(CCSC)C(=O)N(C[C]=O)c2ccccc2)C(=O)C1=O. The molecule has 0 saturated carbocycles. The Morgan fingerprint density at radius 1 is 1.20 bits per heavy atom. The smallest absolute Gasteiger partial charge is 0.325 e. The number of nitrogens with one attached hydrogen (secondary N) is 1. The van der Waals surface area contributed by atoms with Crippen LogP contribution in [0, 0.1) is 0 Å². The highest BCUT2D eigenvalue weighted by Crippen LogP contribution is 2.16. The summed E-state index contributed by atoms with van der Waals surface area (Å²) < 4.78 is 0. The summed E-state index contributed by atoms with van der Waals surface area (Å²) in [5, 5.41) is 2.57. The van der Waals surface area contributed by atoms with E-state index < -0.39 is 29.8 Å². The van der Waals surface area contributed by atoms with Crippen LogP contribution in [0.4, 0.5) is 10.5 Å². The van der Waals surface area contributed by atoms with Gasteiger partial charge in [0.05, 0.1) is 6.54 Å². The van der Waals surface area contributed by atoms with Gasteiger partial charge < -0.3 is 15.1 Å². The van der Waals surface area contributed by atoms with Gasteiger partial charge in [0.25, 0.3) is 0 Å². The second-order valence-corrected chi connectivity index (χ2v) is 7.52. The molecule has 0 spiro atoms. The summed E-state index contributed by atoms with van der Waals surface area (Å²) in [5.41, 5.74) is 0.497. The van der Waals surface area contributed by atoms with Crippen LogP contribution < -0.4 is 10.2 Å². The molecule has 1 aromatic rings. The molecule has 1 atom stereocenters. The van der Waals surface area contributed by atoms with Gasteiger partial charge in [-0.2, -0.15) is 11.8 Å². The molecular weight excluding hydrogens is 408 g/mol. The molecule has 1 fully saturated rings. The second-order valence-electron chi connectivity index (χ2n) is 6.53. The predicted molar refractivity (Wildman–Crippen MR) is 114 cm³/mol. The highest BCUT2D eigenvalue weighted by Gasteiger charge is 2.37. The Bertz CT molecular complexity index is 789. The Morgan fingerprint density at radius 2 is 1.90 bits per heavy atom. The minimum absolute atomic E-state index is 0.0538. The van der Waals surface area contributed by atoms with Crippen molar-refractivity contribution in [2.75, 3.05) is 43.1 Å². The summed E-state index contributed by atoms with van der Waals surface area (Å²) in [7, 11) is 0. The van der Waals surface area contributed by atoms with Gasteiger partial charge in [0.2, 0.25) is 12.2 Å². The highest BCUT2D eigenvalue weighted by atomic mass is 32.2. The predicted octanol–water partition coefficient (Wildman–Crippen LogP) is 0.651. The number of likely N-dealkylation sites (N-methyl/N-ethyl adjacent to an activating group) is 1. The molecule has 1 radical (unpaired) electrons. The molecule has 1 aliphatic rings. The van der Waals surface area contributed by atoms with Gasteiger partial charge in [-0.05, 0) is 37.5 Å². The fraction of sp³-hybridized carbons (Fsp3) is 0.450. The largest absolute Gasteiger partial charge is 0.333 e. The number of thioether (sulfide) groups is 1. The first-order chi connectivity index (χ1) is 14.4. The van der Waals surface area contributed by atoms with Gasteiger partial charge in [0, 0.05) is 25.3 Å². The Morgan fingerprint density at radius 3 is 2.50 bits per heavy atom. The summed E-state index contributed by atoms with van der Waals surface area (Å²) in [5.74, 6) is -1.58. The first-order valence-electron chi connectivity index (χ1n) is 9.56. The maximum absolute atomic E-state index is 13.1. The van der Waals surface area contributed by atoms with Crippen LogP contribution in [0.1, 0.15) is 13.3 Å². The van der Waals surface area contributed by atoms with Crippen LogP contribution >= 0.6 is 11.8 Å². The van der Waals surface area contributed by atoms with Crippen LogP contribution in [0.5, 0.6) is 0 Å². The van der Waals surface area contributed by atoms with Crippen molar-refractivity contribution < 1.29 is 24.0 Å². The molecule has 1 unspecified atom stereocenters. The van der Waals surface area contributed by atoms with E-state index in [1.807, 2.05) is 6.26 Å². The standard InChI is InChI=1S/C20H25N4O5S/c1-3-22-10-11-24(19(28)18(22)27)20(29)21-16(9-14-30-2)17(26)23(12-13-25)15-7-5-4-6-8-15/h4-8,16H,3,9-12,14H2,1-2H3,(H,21,29). The van der Waals surface area contributed by atoms with Gasteiger partial charge in [-0.3, -0.25) is 24.1 Å². The zero-order valence-corrected chi connectivity index (χ0v) is 17.8. The summed E-state index contributed by atoms with van der Waals surface area (Å²) in [4.78, 5) is 64.7. The molecule has 1 aliphatic heterocycles. The number of imide groups is 1. The van der Waals surface area contributed by atoms with E-state index in [-0.39, 0.29) is 19.6 Å². The Labute approximate surface area is 179 Å². The van der Waals surface area contributed by atoms with E-state index in [2.05, 4.69) is 5.32 Å². The summed E-state index contributed by atoms with van der Waals surface area (Å²) in [6, 6.07) is 6.82. The highest BCUT2D eigenvalue weighted by molar-refractivity contribution is 7.98. The van der Waals surface area contributed by atoms with Crippen LogP contribution in [0.15, 0.2) is 30.3 Å². The van der Waals surface area contributed by atoms with Gasteiger partial charge in [0.15, 0.2) is 0 Å². The van der Waals surface area contributed by atoms with Gasteiger partial charge in [0.1, 0.15) is 6.04 Å². The molecule has 1 heterocycles. The number of urea groups is 1. The van der Waals surface area contributed by atoms with E-state index in [0.717, 1.165) is 4.90 Å². The van der Waals surface area contributed by atoms with Crippen molar-refractivity contribution in [3.63, 3.8) is 0 Å². The Kier molecular flexibility index (Phi) is 8.85. The number of benzene rings is 1. The van der Waals surface area contributed by atoms with Crippen molar-refractivity contribution in [3.05, 3.63) is 30.3 Å². The second kappa shape index (κ2) is 11.3. The zero-order chi connectivity index (χ0) is 22.1. The molecule has 0 aromatic heterocycles. The summed E-state index contributed by atoms with van der Waals surface area (Å²) in [6.07, 6.45) is 3.88. The third-order valence-electron chi connectivity index (χ3n) is 4.70. The summed E-state index contributed by atoms with van der Waals surface area (Å²) >= 11 is 1.49. The van der Waals surface area contributed by atoms with E-state index in [9.17, 15) is 24.0 Å². The molecule has 1 N–H and O–H groups in total. The van der Waals surface area contributed by atoms with Crippen LogP contribution in [0.3, 0.4) is 0 Å². The topological polar surface area (TPSA) is 107 Å². The first kappa shape index (κ1) is 23.4. The minimum Gasteiger partial charge on any atom is -0.333 e. The number of amides is 5. The molecular formula is C20H25N4O5S. The lowest BCUT2D eigenvalue weighted by molar-refractivity contribution is -0.153. The first-order valence-corrected chi connectivity index (χ1v) is 11.0. The third-order valence-corrected chi connectivity index (χ3v) is 5.34. The minimum atomic E-state index is -0.967. The zero-order valence-electron chi connectivity index (χ0n) is 17.0. The van der Waals surface area contributed by atoms with E-state index in [1.165, 1.54) is 21.6 Å². The van der Waals surface area contributed by atoms with Crippen molar-refractivity contribution >= 4 is 47.5 Å². The van der Waals surface area contributed by atoms with Crippen molar-refractivity contribution in [1.82, 2.24) is 15.1 Å². The number of hydrogen-bond donors (Lipinski definition) is 1. The number of piperazine rings is 1. The fourth-order valence-corrected chi connectivity index (χ4v) is 3.52. The van der Waals surface area contributed by atoms with Crippen molar-refractivity contribution in [3.8, 4) is 0 Å². The lowest BCUT2D eigenvalue weighted by Gasteiger charge is -2.33. The van der Waals surface area contributed by atoms with Gasteiger partial charge in [-0.25, -0.2) is 4.79 Å². The molecule has 30 heavy (non-hydrogen) atoms. The number of nitrogens with zero attached hydrogens (tertiary/aromatic N) is 3. The van der Waals surface area contributed by atoms with Gasteiger partial charge >= 0.3 is 17.8 Å². The van der Waals surface area contributed by atoms with Crippen LogP contribution in [0.25, 0.3) is 0 Å². The molecule has 5 amide bonds. The monoisotopic (exact) mass is 433 g/mol. The lowest BCUT2D eigenvalue weighted by Crippen LogP contribution is -2.60. The normalized spacial score (nSPS) is 15.0. The molecule has 161 valence electrons. The van der Waals surface area contributed by atoms with Crippen molar-refractivity contribution in [2.45, 2.75) is 19.4 Å². The van der Waals surface area contributed by atoms with Crippen molar-refractivity contribution in [1.29, 1.82) is 0 Å². The van der Waals surface area contributed by atoms with Crippen molar-refractivity contribution in [2.24, 2.45) is 0 Å². The maximum Gasteiger partial charge on any atom is 0.325 e. The van der Waals surface area contributed by atoms with Gasteiger partial charge in [-0.1, -0.05) is 18.2 Å². The maximum atomic E-state index is 13.1. The number of hydrogen-bond acceptors (Lipinski definition) is 6. The quantitative estimate of drug-likeness (QED) is 0.573. The average molecular weight is 434 g/mol. The van der Waals surface area contributed by atoms with E-state index >= 15 is 0 Å². The molecule has 1 aromatic carbocycles. The number of anilines is 1. The molecule has 9 nitrogen and oxygen atoms in total. The molecule has 10 heteroatoms. The Hall–Kier alpha value is -2.88. The third kappa shape index (κ3) is 5.59. The molecule has 0 bridgehead atoms. The number of rotatable bonds is 9. The molecule has 0 aliphatic carbocycles. The number of carbonyl (C=O) groups is 4. The molecule has 2 rings (SSSR count). The fourth-order valence-electron chi connectivity index (χ4n) is 3.05. The van der Waals surface area contributed by atoms with Crippen LogP contribution in [0.2, 0.25) is 0 Å². The van der Waals surface area contributed by atoms with Crippen LogP contribution in [-0.4, -0.2) is 84.1 Å². The van der Waals surface area contributed by atoms with E-state index in [0.29, 0.717) is 24.4 Å². The van der Waals surface area contributed by atoms with Gasteiger partial charge in [-0.15, -0.1) is 0 Å².